The molecule has 3 aliphatic heterocycles. The Morgan fingerprint density at radius 1 is 1.02 bits per heavy atom. The quantitative estimate of drug-likeness (QED) is 0.0940. The fourth-order valence-corrected chi connectivity index (χ4v) is 7.24. The number of nitrogens with one attached hydrogen (secondary N) is 2. The van der Waals surface area contributed by atoms with Crippen LogP contribution in [-0.4, -0.2) is 36.1 Å². The highest BCUT2D eigenvalue weighted by atomic mass is 19.4. The van der Waals surface area contributed by atoms with Gasteiger partial charge in [-0.3, -0.25) is 19.5 Å². The van der Waals surface area contributed by atoms with Crippen molar-refractivity contribution in [1.29, 1.82) is 0 Å². The molecule has 4 heterocycles. The third-order valence-corrected chi connectivity index (χ3v) is 9.83. The van der Waals surface area contributed by atoms with Crippen molar-refractivity contribution in [3.63, 3.8) is 0 Å². The smallest absolute Gasteiger partial charge is 0.416 e. The van der Waals surface area contributed by atoms with Gasteiger partial charge in [-0.2, -0.15) is 26.3 Å². The van der Waals surface area contributed by atoms with Gasteiger partial charge in [-0.25, -0.2) is 0 Å². The monoisotopic (exact) mass is 686 g/mol. The highest BCUT2D eigenvalue weighted by Gasteiger charge is 2.44. The Hall–Kier alpha value is -4.39. The van der Waals surface area contributed by atoms with Gasteiger partial charge in [-0.05, 0) is 92.1 Å². The highest BCUT2D eigenvalue weighted by molar-refractivity contribution is 5.86. The van der Waals surface area contributed by atoms with E-state index in [0.29, 0.717) is 35.7 Å². The Morgan fingerprint density at radius 3 is 2.31 bits per heavy atom. The zero-order chi connectivity index (χ0) is 35.2. The molecule has 4 unspecified atom stereocenters. The van der Waals surface area contributed by atoms with Crippen LogP contribution < -0.4 is 26.2 Å². The number of hydrogen-bond acceptors (Lipinski definition) is 7. The molecule has 260 valence electrons. The van der Waals surface area contributed by atoms with Gasteiger partial charge in [0.15, 0.2) is 0 Å². The number of nitrogens with zero attached hydrogens (tertiary/aromatic N) is 2. The van der Waals surface area contributed by atoms with Gasteiger partial charge in [0, 0.05) is 29.4 Å². The lowest BCUT2D eigenvalue weighted by Gasteiger charge is -2.52. The molecule has 4 aromatic rings. The molecule has 0 amide bonds. The first-order valence-electron chi connectivity index (χ1n) is 16.2. The summed E-state index contributed by atoms with van der Waals surface area (Å²) in [5.74, 6) is 1.16. The van der Waals surface area contributed by atoms with Gasteiger partial charge >= 0.3 is 12.4 Å². The molecule has 5 atom stereocenters. The van der Waals surface area contributed by atoms with E-state index in [1.165, 1.54) is 0 Å². The number of aromatic nitrogens is 1. The Morgan fingerprint density at radius 2 is 1.71 bits per heavy atom. The summed E-state index contributed by atoms with van der Waals surface area (Å²) < 4.78 is 87.1. The zero-order valence-corrected chi connectivity index (χ0v) is 27.0. The maximum atomic E-state index is 13.6. The fourth-order valence-electron chi connectivity index (χ4n) is 7.24. The van der Waals surface area contributed by atoms with Crippen LogP contribution in [0.4, 0.5) is 43.4 Å². The van der Waals surface area contributed by atoms with Crippen molar-refractivity contribution in [2.24, 2.45) is 11.8 Å². The van der Waals surface area contributed by atoms with Crippen LogP contribution in [0.25, 0.3) is 10.9 Å². The van der Waals surface area contributed by atoms with E-state index in [1.54, 1.807) is 13.2 Å². The predicted octanol–water partition coefficient (Wildman–Crippen LogP) is 8.01. The number of methoxy groups -OCH3 is 1. The summed E-state index contributed by atoms with van der Waals surface area (Å²) in [5, 5.41) is 6.45. The Labute approximate surface area is 278 Å². The average molecular weight is 687 g/mol. The number of aryl methyl sites for hydroxylation is 1. The van der Waals surface area contributed by atoms with E-state index < -0.39 is 51.8 Å². The van der Waals surface area contributed by atoms with E-state index in [2.05, 4.69) is 29.0 Å². The van der Waals surface area contributed by atoms with Crippen LogP contribution in [0.5, 0.6) is 5.75 Å². The second-order valence-electron chi connectivity index (χ2n) is 12.9. The minimum Gasteiger partial charge on any atom is -0.497 e. The lowest BCUT2D eigenvalue weighted by molar-refractivity contribution is -0.143. The Balaban J connectivity index is 1.47. The third kappa shape index (κ3) is 6.77. The standard InChI is InChI=1S/C36H36F6N4O3/c1-4-6-7-23-16-27(26-17-25(49-3)8-9-28(26)43-23)30(29-12-20-10-11-46(29)18-19(20)5-2)45-32-31(33(47)34(32)48)44-24-14-21(35(37,38)39)13-22(15-24)36(40,41)42/h5,8-9,13-17,19-20,29-30,44-45H,2,4,6-7,10-12,18H2,1,3H3/t19?,20?,29?,30-/m0/s1. The zero-order valence-electron chi connectivity index (χ0n) is 27.0. The van der Waals surface area contributed by atoms with Crippen molar-refractivity contribution in [2.75, 3.05) is 30.8 Å². The van der Waals surface area contributed by atoms with Crippen LogP contribution in [0.2, 0.25) is 0 Å². The second kappa shape index (κ2) is 13.1. The number of fused-ring (bicyclic) bond motifs is 4. The maximum Gasteiger partial charge on any atom is 0.416 e. The molecular weight excluding hydrogens is 650 g/mol. The minimum atomic E-state index is -5.09. The molecule has 3 saturated heterocycles. The topological polar surface area (TPSA) is 83.6 Å². The number of rotatable bonds is 11. The van der Waals surface area contributed by atoms with E-state index in [4.69, 9.17) is 9.72 Å². The molecule has 3 aliphatic rings. The van der Waals surface area contributed by atoms with Crippen molar-refractivity contribution in [2.45, 2.75) is 63.5 Å². The molecule has 3 aromatic carbocycles. The summed E-state index contributed by atoms with van der Waals surface area (Å²) in [7, 11) is 1.54. The first-order chi connectivity index (χ1) is 23.2. The predicted molar refractivity (Wildman–Crippen MR) is 176 cm³/mol. The Kier molecular flexibility index (Phi) is 9.25. The highest BCUT2D eigenvalue weighted by Crippen LogP contribution is 2.45. The van der Waals surface area contributed by atoms with Crippen molar-refractivity contribution < 1.29 is 31.1 Å². The summed E-state index contributed by atoms with van der Waals surface area (Å²) in [6.45, 7) is 7.60. The number of unbranched alkanes of at least 4 members (excludes halogenated alkanes) is 1. The van der Waals surface area contributed by atoms with Crippen LogP contribution in [0, 0.1) is 11.8 Å². The summed E-state index contributed by atoms with van der Waals surface area (Å²) >= 11 is 0. The van der Waals surface area contributed by atoms with Crippen molar-refractivity contribution >= 4 is 28.0 Å². The summed E-state index contributed by atoms with van der Waals surface area (Å²) in [5.41, 5.74) is -3.96. The molecule has 13 heteroatoms. The normalized spacial score (nSPS) is 21.6. The molecule has 0 saturated carbocycles. The largest absolute Gasteiger partial charge is 0.497 e. The SMILES string of the molecule is C=CC1CN2CCC1CC2[C@@H](Nc1c(Nc2cc(C(F)(F)F)cc(C(F)(F)F)c2)c(=O)c1=O)c1cc(CCCC)nc2ccc(OC)cc12. The van der Waals surface area contributed by atoms with Gasteiger partial charge in [0.25, 0.3) is 10.9 Å². The van der Waals surface area contributed by atoms with Gasteiger partial charge in [0.05, 0.1) is 29.8 Å². The van der Waals surface area contributed by atoms with Gasteiger partial charge in [-0.15, -0.1) is 6.58 Å². The average Bonchev–Trinajstić information content (AvgIpc) is 3.09. The van der Waals surface area contributed by atoms with E-state index in [0.717, 1.165) is 55.4 Å². The van der Waals surface area contributed by atoms with E-state index >= 15 is 0 Å². The van der Waals surface area contributed by atoms with E-state index in [1.807, 2.05) is 24.3 Å². The number of halogens is 6. The molecule has 1 aromatic heterocycles. The van der Waals surface area contributed by atoms with Gasteiger partial charge in [0.2, 0.25) is 0 Å². The van der Waals surface area contributed by atoms with Gasteiger partial charge in [0.1, 0.15) is 17.1 Å². The van der Waals surface area contributed by atoms with Crippen LogP contribution in [0.15, 0.2) is 64.7 Å². The molecule has 7 rings (SSSR count). The van der Waals surface area contributed by atoms with E-state index in [-0.39, 0.29) is 23.7 Å². The van der Waals surface area contributed by atoms with Crippen LogP contribution >= 0.6 is 0 Å². The molecule has 49 heavy (non-hydrogen) atoms. The van der Waals surface area contributed by atoms with Crippen LogP contribution in [-0.2, 0) is 18.8 Å². The lowest BCUT2D eigenvalue weighted by atomic mass is 9.73. The molecular formula is C36H36F6N4O3. The third-order valence-electron chi connectivity index (χ3n) is 9.83. The summed E-state index contributed by atoms with van der Waals surface area (Å²) in [4.78, 5) is 33.3. The lowest BCUT2D eigenvalue weighted by Crippen LogP contribution is -2.56. The molecule has 7 nitrogen and oxygen atoms in total. The number of hydrogen-bond donors (Lipinski definition) is 2. The van der Waals surface area contributed by atoms with Crippen LogP contribution in [0.3, 0.4) is 0 Å². The number of benzene rings is 2. The van der Waals surface area contributed by atoms with Crippen molar-refractivity contribution in [1.82, 2.24) is 9.88 Å². The Bertz CT molecular complexity index is 1920. The maximum absolute atomic E-state index is 13.6. The van der Waals surface area contributed by atoms with Gasteiger partial charge < -0.3 is 15.4 Å². The van der Waals surface area contributed by atoms with Crippen molar-refractivity contribution in [3.8, 4) is 5.75 Å². The number of ether oxygens (including phenoxy) is 1. The first kappa shape index (κ1) is 34.5. The van der Waals surface area contributed by atoms with Crippen molar-refractivity contribution in [3.05, 3.63) is 98.0 Å². The molecule has 2 bridgehead atoms. The molecule has 0 spiro atoms. The van der Waals surface area contributed by atoms with Crippen LogP contribution in [0.1, 0.15) is 61.0 Å². The molecule has 2 N–H and O–H groups in total. The number of pyridine rings is 1. The summed E-state index contributed by atoms with van der Waals surface area (Å²) in [6, 6.07) is 7.66. The second-order valence-corrected chi connectivity index (χ2v) is 12.9. The molecule has 3 fully saturated rings. The number of piperidine rings is 3. The number of anilines is 3. The minimum absolute atomic E-state index is 0.00449. The van der Waals surface area contributed by atoms with E-state index in [9.17, 15) is 35.9 Å². The summed E-state index contributed by atoms with van der Waals surface area (Å²) in [6.07, 6.45) is -4.03. The molecule has 0 aliphatic carbocycles. The number of alkyl halides is 6. The fraction of sp³-hybridized carbons (Fsp3) is 0.417. The molecule has 0 radical (unpaired) electrons. The van der Waals surface area contributed by atoms with Gasteiger partial charge in [-0.1, -0.05) is 19.4 Å². The first-order valence-corrected chi connectivity index (χ1v) is 16.2.